The lowest BCUT2D eigenvalue weighted by atomic mass is 10.3. The van der Waals surface area contributed by atoms with Gasteiger partial charge < -0.3 is 0 Å². The minimum absolute atomic E-state index is 0.131. The molecular weight excluding hydrogens is 124 g/mol. The summed E-state index contributed by atoms with van der Waals surface area (Å²) in [6.45, 7) is 0. The van der Waals surface area contributed by atoms with Gasteiger partial charge in [0.15, 0.2) is 0 Å². The van der Waals surface area contributed by atoms with Crippen LogP contribution in [0.5, 0.6) is 0 Å². The molecule has 0 unspecified atom stereocenters. The summed E-state index contributed by atoms with van der Waals surface area (Å²) in [7, 11) is -2.74. The number of sulfone groups is 1. The highest BCUT2D eigenvalue weighted by Crippen LogP contribution is 2.09. The molecule has 1 fully saturated rings. The summed E-state index contributed by atoms with van der Waals surface area (Å²) in [4.78, 5) is 0. The molecule has 0 aromatic rings. The van der Waals surface area contributed by atoms with E-state index < -0.39 is 9.84 Å². The fourth-order valence-electron chi connectivity index (χ4n) is 0.772. The minimum Gasteiger partial charge on any atom is -0.229 e. The normalized spacial score (nSPS) is 31.8. The third kappa shape index (κ3) is 1.47. The third-order valence-electron chi connectivity index (χ3n) is 1.27. The molecule has 0 radical (unpaired) electrons. The van der Waals surface area contributed by atoms with Gasteiger partial charge in [-0.3, -0.25) is 0 Å². The predicted octanol–water partition coefficient (Wildman–Crippen LogP) is 0.585. The second-order valence-electron chi connectivity index (χ2n) is 2.02. The minimum atomic E-state index is -2.74. The van der Waals surface area contributed by atoms with Gasteiger partial charge in [-0.25, -0.2) is 8.42 Å². The van der Waals surface area contributed by atoms with Crippen LogP contribution in [0, 0.1) is 0 Å². The van der Waals surface area contributed by atoms with Crippen molar-refractivity contribution in [3.8, 4) is 0 Å². The fraction of sp³-hybridized carbons (Fsp3) is 1.00. The maximum Gasteiger partial charge on any atom is 0.150 e. The molecule has 8 heavy (non-hydrogen) atoms. The molecule has 0 spiro atoms. The van der Waals surface area contributed by atoms with Crippen molar-refractivity contribution < 1.29 is 9.79 Å². The molecule has 0 aromatic heterocycles. The lowest BCUT2D eigenvalue weighted by Crippen LogP contribution is -2.15. The van der Waals surface area contributed by atoms with Crippen LogP contribution < -0.4 is 0 Å². The molecule has 48 valence electrons. The topological polar surface area (TPSA) is 34.1 Å². The van der Waals surface area contributed by atoms with Crippen molar-refractivity contribution in [3.63, 3.8) is 0 Å². The van der Waals surface area contributed by atoms with E-state index in [0.29, 0.717) is 12.8 Å². The zero-order valence-corrected chi connectivity index (χ0v) is 5.45. The summed E-state index contributed by atoms with van der Waals surface area (Å²) in [5.74, 6) is 0.447. The number of rotatable bonds is 0. The first kappa shape index (κ1) is 4.79. The molecule has 0 amide bonds. The van der Waals surface area contributed by atoms with Crippen LogP contribution in [0.4, 0.5) is 0 Å². The van der Waals surface area contributed by atoms with Crippen molar-refractivity contribution in [2.75, 3.05) is 11.5 Å². The zero-order valence-electron chi connectivity index (χ0n) is 5.63. The van der Waals surface area contributed by atoms with E-state index in [0.717, 1.165) is 0 Å². The maximum atomic E-state index is 10.7. The van der Waals surface area contributed by atoms with E-state index in [2.05, 4.69) is 0 Å². The summed E-state index contributed by atoms with van der Waals surface area (Å²) < 4.78 is 28.6. The molecular formula is C5H10O2S. The van der Waals surface area contributed by atoms with Gasteiger partial charge in [-0.2, -0.15) is 0 Å². The van der Waals surface area contributed by atoms with E-state index >= 15 is 0 Å². The SMILES string of the molecule is [2H]C1CCS(=O)(=O)CC1. The Morgan fingerprint density at radius 3 is 2.12 bits per heavy atom. The van der Waals surface area contributed by atoms with Crippen LogP contribution in [-0.2, 0) is 9.84 Å². The van der Waals surface area contributed by atoms with E-state index in [4.69, 9.17) is 1.37 Å². The molecule has 0 bridgehead atoms. The van der Waals surface area contributed by atoms with Crippen molar-refractivity contribution in [2.24, 2.45) is 0 Å². The van der Waals surface area contributed by atoms with Crippen molar-refractivity contribution in [1.29, 1.82) is 0 Å². The highest BCUT2D eigenvalue weighted by atomic mass is 32.2. The maximum absolute atomic E-state index is 10.7. The molecule has 0 aromatic carbocycles. The second-order valence-corrected chi connectivity index (χ2v) is 4.32. The standard InChI is InChI=1S/C5H10O2S/c6-8(7)4-2-1-3-5-8/h1-5H2/i1D. The lowest BCUT2D eigenvalue weighted by molar-refractivity contribution is 0.575. The Labute approximate surface area is 51.2 Å². The van der Waals surface area contributed by atoms with Gasteiger partial charge in [0.1, 0.15) is 9.84 Å². The van der Waals surface area contributed by atoms with Gasteiger partial charge in [0, 0.05) is 1.37 Å². The first-order valence-electron chi connectivity index (χ1n) is 3.30. The largest absolute Gasteiger partial charge is 0.229 e. The Bertz CT molecular complexity index is 171. The van der Waals surface area contributed by atoms with Gasteiger partial charge in [-0.1, -0.05) is 6.40 Å². The number of hydrogen-bond donors (Lipinski definition) is 0. The van der Waals surface area contributed by atoms with E-state index in [1.165, 1.54) is 0 Å². The van der Waals surface area contributed by atoms with Gasteiger partial charge in [-0.15, -0.1) is 0 Å². The van der Waals surface area contributed by atoms with Gasteiger partial charge in [0.2, 0.25) is 0 Å². The van der Waals surface area contributed by atoms with Crippen LogP contribution in [-0.4, -0.2) is 19.9 Å². The smallest absolute Gasteiger partial charge is 0.150 e. The van der Waals surface area contributed by atoms with Crippen LogP contribution in [0.3, 0.4) is 0 Å². The molecule has 0 aliphatic carbocycles. The van der Waals surface area contributed by atoms with Crippen molar-refractivity contribution in [3.05, 3.63) is 0 Å². The highest BCUT2D eigenvalue weighted by molar-refractivity contribution is 7.91. The molecule has 2 nitrogen and oxygen atoms in total. The molecule has 1 aliphatic heterocycles. The summed E-state index contributed by atoms with van der Waals surface area (Å²) >= 11 is 0. The summed E-state index contributed by atoms with van der Waals surface area (Å²) in [5, 5.41) is 0. The molecule has 1 heterocycles. The second kappa shape index (κ2) is 2.05. The molecule has 1 rings (SSSR count). The Morgan fingerprint density at radius 2 is 1.75 bits per heavy atom. The van der Waals surface area contributed by atoms with E-state index in [1.807, 2.05) is 0 Å². The Hall–Kier alpha value is -0.0500. The van der Waals surface area contributed by atoms with Crippen molar-refractivity contribution >= 4 is 9.84 Å². The van der Waals surface area contributed by atoms with Gasteiger partial charge in [0.05, 0.1) is 11.5 Å². The van der Waals surface area contributed by atoms with E-state index in [-0.39, 0.29) is 17.9 Å². The summed E-state index contributed by atoms with van der Waals surface area (Å²) in [5.41, 5.74) is 0. The molecule has 0 atom stereocenters. The predicted molar refractivity (Wildman–Crippen MR) is 32.5 cm³/mol. The van der Waals surface area contributed by atoms with Crippen molar-refractivity contribution in [2.45, 2.75) is 19.2 Å². The summed E-state index contributed by atoms with van der Waals surface area (Å²) in [6.07, 6.45) is 0.929. The van der Waals surface area contributed by atoms with Crippen LogP contribution >= 0.6 is 0 Å². The lowest BCUT2D eigenvalue weighted by Gasteiger charge is -2.08. The Balaban J connectivity index is 2.55. The molecule has 0 N–H and O–H groups in total. The Kier molecular flexibility index (Phi) is 1.23. The average Bonchev–Trinajstić information content (AvgIpc) is 1.78. The van der Waals surface area contributed by atoms with Gasteiger partial charge in [-0.05, 0) is 12.8 Å². The van der Waals surface area contributed by atoms with Gasteiger partial charge in [0.25, 0.3) is 0 Å². The van der Waals surface area contributed by atoms with E-state index in [1.54, 1.807) is 0 Å². The van der Waals surface area contributed by atoms with Crippen LogP contribution in [0.15, 0.2) is 0 Å². The van der Waals surface area contributed by atoms with Gasteiger partial charge >= 0.3 is 0 Å². The number of hydrogen-bond acceptors (Lipinski definition) is 2. The molecule has 1 aliphatic rings. The highest BCUT2D eigenvalue weighted by Gasteiger charge is 2.14. The molecule has 3 heteroatoms. The van der Waals surface area contributed by atoms with Crippen LogP contribution in [0.25, 0.3) is 0 Å². The average molecular weight is 135 g/mol. The fourth-order valence-corrected chi connectivity index (χ4v) is 2.03. The Morgan fingerprint density at radius 1 is 1.25 bits per heavy atom. The quantitative estimate of drug-likeness (QED) is 0.487. The van der Waals surface area contributed by atoms with E-state index in [9.17, 15) is 8.42 Å². The first-order valence-corrected chi connectivity index (χ1v) is 4.55. The molecule has 1 saturated heterocycles. The van der Waals surface area contributed by atoms with Crippen LogP contribution in [0.1, 0.15) is 20.6 Å². The monoisotopic (exact) mass is 135 g/mol. The summed E-state index contributed by atoms with van der Waals surface area (Å²) in [6, 6.07) is 0. The van der Waals surface area contributed by atoms with Crippen LogP contribution in [0.2, 0.25) is 0 Å². The third-order valence-corrected chi connectivity index (χ3v) is 2.98. The first-order chi connectivity index (χ1) is 4.10. The van der Waals surface area contributed by atoms with Crippen molar-refractivity contribution in [1.82, 2.24) is 0 Å². The zero-order chi connectivity index (χ0) is 6.91. The molecule has 0 saturated carbocycles.